The highest BCUT2D eigenvalue weighted by Crippen LogP contribution is 2.46. The van der Waals surface area contributed by atoms with Gasteiger partial charge in [0.2, 0.25) is 0 Å². The molecule has 1 aliphatic carbocycles. The molecule has 58 valence electrons. The molecule has 1 fully saturated rings. The molecule has 0 spiro atoms. The topological polar surface area (TPSA) is 0 Å². The van der Waals surface area contributed by atoms with Crippen LogP contribution < -0.4 is 0 Å². The molecule has 2 unspecified atom stereocenters. The summed E-state index contributed by atoms with van der Waals surface area (Å²) in [6.45, 7) is 2.20. The SMILES string of the molecule is CC1CC1c1cccc(F)c1. The third-order valence-corrected chi connectivity index (χ3v) is 2.39. The van der Waals surface area contributed by atoms with Crippen LogP contribution in [0, 0.1) is 11.7 Å². The minimum atomic E-state index is -0.110. The van der Waals surface area contributed by atoms with Crippen molar-refractivity contribution in [2.75, 3.05) is 0 Å². The van der Waals surface area contributed by atoms with E-state index in [9.17, 15) is 4.39 Å². The largest absolute Gasteiger partial charge is 0.207 e. The first-order valence-electron chi connectivity index (χ1n) is 4.03. The van der Waals surface area contributed by atoms with Crippen LogP contribution in [0.25, 0.3) is 0 Å². The van der Waals surface area contributed by atoms with E-state index in [0.29, 0.717) is 5.92 Å². The van der Waals surface area contributed by atoms with Crippen LogP contribution in [0.2, 0.25) is 0 Å². The third-order valence-electron chi connectivity index (χ3n) is 2.39. The fourth-order valence-corrected chi connectivity index (χ4v) is 1.52. The van der Waals surface area contributed by atoms with Crippen molar-refractivity contribution in [1.82, 2.24) is 0 Å². The second-order valence-corrected chi connectivity index (χ2v) is 3.37. The molecule has 1 heteroatoms. The van der Waals surface area contributed by atoms with Crippen molar-refractivity contribution >= 4 is 0 Å². The maximum absolute atomic E-state index is 12.7. The predicted octanol–water partition coefficient (Wildman–Crippen LogP) is 2.95. The third kappa shape index (κ3) is 1.28. The molecule has 2 atom stereocenters. The Hall–Kier alpha value is -0.850. The van der Waals surface area contributed by atoms with E-state index in [1.54, 1.807) is 12.1 Å². The molecule has 0 aromatic heterocycles. The normalized spacial score (nSPS) is 28.5. The summed E-state index contributed by atoms with van der Waals surface area (Å²) >= 11 is 0. The molecule has 11 heavy (non-hydrogen) atoms. The average Bonchev–Trinajstić information content (AvgIpc) is 2.67. The summed E-state index contributed by atoms with van der Waals surface area (Å²) in [5.41, 5.74) is 1.16. The zero-order valence-electron chi connectivity index (χ0n) is 6.55. The van der Waals surface area contributed by atoms with Gasteiger partial charge in [0.1, 0.15) is 5.82 Å². The van der Waals surface area contributed by atoms with E-state index >= 15 is 0 Å². The summed E-state index contributed by atoms with van der Waals surface area (Å²) in [5.74, 6) is 1.28. The lowest BCUT2D eigenvalue weighted by Gasteiger charge is -1.96. The average molecular weight is 150 g/mol. The minimum absolute atomic E-state index is 0.110. The van der Waals surface area contributed by atoms with Crippen molar-refractivity contribution in [3.63, 3.8) is 0 Å². The van der Waals surface area contributed by atoms with E-state index in [-0.39, 0.29) is 5.82 Å². The molecule has 2 rings (SSSR count). The van der Waals surface area contributed by atoms with Gasteiger partial charge in [-0.05, 0) is 36.0 Å². The highest BCUT2D eigenvalue weighted by atomic mass is 19.1. The van der Waals surface area contributed by atoms with Gasteiger partial charge in [-0.1, -0.05) is 19.1 Å². The summed E-state index contributed by atoms with van der Waals surface area (Å²) in [7, 11) is 0. The van der Waals surface area contributed by atoms with Crippen molar-refractivity contribution in [3.05, 3.63) is 35.6 Å². The summed E-state index contributed by atoms with van der Waals surface area (Å²) < 4.78 is 12.7. The van der Waals surface area contributed by atoms with Crippen LogP contribution in [0.3, 0.4) is 0 Å². The van der Waals surface area contributed by atoms with Gasteiger partial charge >= 0.3 is 0 Å². The van der Waals surface area contributed by atoms with E-state index in [1.807, 2.05) is 6.07 Å². The molecule has 1 aromatic carbocycles. The maximum atomic E-state index is 12.7. The van der Waals surface area contributed by atoms with E-state index in [1.165, 1.54) is 12.5 Å². The van der Waals surface area contributed by atoms with E-state index in [4.69, 9.17) is 0 Å². The Labute approximate surface area is 66.1 Å². The van der Waals surface area contributed by atoms with Crippen molar-refractivity contribution in [3.8, 4) is 0 Å². The van der Waals surface area contributed by atoms with Crippen LogP contribution in [0.15, 0.2) is 24.3 Å². The molecule has 0 radical (unpaired) electrons. The number of hydrogen-bond donors (Lipinski definition) is 0. The molecule has 0 nitrogen and oxygen atoms in total. The second kappa shape index (κ2) is 2.33. The number of benzene rings is 1. The Morgan fingerprint density at radius 2 is 2.18 bits per heavy atom. The summed E-state index contributed by atoms with van der Waals surface area (Å²) in [6.07, 6.45) is 1.23. The molecule has 0 saturated heterocycles. The molecule has 0 bridgehead atoms. The monoisotopic (exact) mass is 150 g/mol. The predicted molar refractivity (Wildman–Crippen MR) is 42.9 cm³/mol. The molecule has 1 aliphatic rings. The van der Waals surface area contributed by atoms with E-state index < -0.39 is 0 Å². The lowest BCUT2D eigenvalue weighted by molar-refractivity contribution is 0.625. The fourth-order valence-electron chi connectivity index (χ4n) is 1.52. The minimum Gasteiger partial charge on any atom is -0.207 e. The van der Waals surface area contributed by atoms with E-state index in [2.05, 4.69) is 6.92 Å². The molecular weight excluding hydrogens is 139 g/mol. The quantitative estimate of drug-likeness (QED) is 0.577. The fraction of sp³-hybridized carbons (Fsp3) is 0.400. The van der Waals surface area contributed by atoms with Gasteiger partial charge in [0.25, 0.3) is 0 Å². The van der Waals surface area contributed by atoms with Gasteiger partial charge < -0.3 is 0 Å². The van der Waals surface area contributed by atoms with Crippen molar-refractivity contribution < 1.29 is 4.39 Å². The van der Waals surface area contributed by atoms with Crippen LogP contribution in [-0.2, 0) is 0 Å². The molecule has 1 aromatic rings. The zero-order valence-corrected chi connectivity index (χ0v) is 6.55. The first-order valence-corrected chi connectivity index (χ1v) is 4.03. The number of rotatable bonds is 1. The smallest absolute Gasteiger partial charge is 0.123 e. The Kier molecular flexibility index (Phi) is 1.45. The Balaban J connectivity index is 2.25. The van der Waals surface area contributed by atoms with Crippen molar-refractivity contribution in [2.24, 2.45) is 5.92 Å². The number of halogens is 1. The molecule has 0 N–H and O–H groups in total. The first kappa shape index (κ1) is 6.84. The maximum Gasteiger partial charge on any atom is 0.123 e. The van der Waals surface area contributed by atoms with Gasteiger partial charge in [-0.2, -0.15) is 0 Å². The highest BCUT2D eigenvalue weighted by Gasteiger charge is 2.33. The van der Waals surface area contributed by atoms with Crippen molar-refractivity contribution in [2.45, 2.75) is 19.3 Å². The molecule has 0 aliphatic heterocycles. The second-order valence-electron chi connectivity index (χ2n) is 3.37. The van der Waals surface area contributed by atoms with Gasteiger partial charge in [-0.15, -0.1) is 0 Å². The van der Waals surface area contributed by atoms with Gasteiger partial charge in [0.15, 0.2) is 0 Å². The van der Waals surface area contributed by atoms with Gasteiger partial charge in [0.05, 0.1) is 0 Å². The van der Waals surface area contributed by atoms with Crippen LogP contribution in [0.1, 0.15) is 24.8 Å². The molecule has 1 saturated carbocycles. The summed E-state index contributed by atoms with van der Waals surface area (Å²) in [4.78, 5) is 0. The van der Waals surface area contributed by atoms with Crippen LogP contribution >= 0.6 is 0 Å². The van der Waals surface area contributed by atoms with Crippen LogP contribution in [0.4, 0.5) is 4.39 Å². The van der Waals surface area contributed by atoms with Crippen molar-refractivity contribution in [1.29, 1.82) is 0 Å². The number of hydrogen-bond acceptors (Lipinski definition) is 0. The Morgan fingerprint density at radius 1 is 1.45 bits per heavy atom. The lowest BCUT2D eigenvalue weighted by atomic mass is 10.1. The van der Waals surface area contributed by atoms with Gasteiger partial charge in [-0.25, -0.2) is 4.39 Å². The molecule has 0 heterocycles. The standard InChI is InChI=1S/C10H11F/c1-7-5-10(7)8-3-2-4-9(11)6-8/h2-4,6-7,10H,5H2,1H3. The van der Waals surface area contributed by atoms with Crippen LogP contribution in [-0.4, -0.2) is 0 Å². The first-order chi connectivity index (χ1) is 5.27. The summed E-state index contributed by atoms with van der Waals surface area (Å²) in [6, 6.07) is 6.94. The lowest BCUT2D eigenvalue weighted by Crippen LogP contribution is -1.81. The van der Waals surface area contributed by atoms with Crippen LogP contribution in [0.5, 0.6) is 0 Å². The zero-order chi connectivity index (χ0) is 7.84. The van der Waals surface area contributed by atoms with E-state index in [0.717, 1.165) is 11.5 Å². The molecule has 0 amide bonds. The highest BCUT2D eigenvalue weighted by molar-refractivity contribution is 5.25. The molecular formula is C10H11F. The summed E-state index contributed by atoms with van der Waals surface area (Å²) in [5, 5.41) is 0. The van der Waals surface area contributed by atoms with Gasteiger partial charge in [-0.3, -0.25) is 0 Å². The van der Waals surface area contributed by atoms with Gasteiger partial charge in [0, 0.05) is 0 Å². The Morgan fingerprint density at radius 3 is 2.73 bits per heavy atom. The Bertz CT molecular complexity index is 267.